The summed E-state index contributed by atoms with van der Waals surface area (Å²) in [5.41, 5.74) is -0.369. The molecule has 0 unspecified atom stereocenters. The molecule has 0 saturated heterocycles. The Balaban J connectivity index is 1.60. The standard InChI is InChI=1S/C14H11N7O3S3/c1-6-20-21-14(27-6)16-8(22)5-26-13-18-10(15)9(12(24)19-13)17-11(23)7-3-2-4-25-7/h2-4H,5H2,1H3,(H,16,21,22)(H2,15,18,19,24). The van der Waals surface area contributed by atoms with E-state index in [4.69, 9.17) is 5.41 Å². The van der Waals surface area contributed by atoms with Crippen molar-refractivity contribution in [1.82, 2.24) is 15.5 Å². The van der Waals surface area contributed by atoms with Crippen LogP contribution in [-0.2, 0) is 9.59 Å². The van der Waals surface area contributed by atoms with E-state index >= 15 is 0 Å². The Morgan fingerprint density at radius 1 is 1.41 bits per heavy atom. The normalized spacial score (nSPS) is 15.4. The molecule has 3 rings (SSSR count). The molecule has 0 aliphatic carbocycles. The number of hydrogen-bond acceptors (Lipinski definition) is 9. The highest BCUT2D eigenvalue weighted by atomic mass is 32.2. The molecule has 3 amide bonds. The maximum Gasteiger partial charge on any atom is 0.287 e. The van der Waals surface area contributed by atoms with Crippen molar-refractivity contribution in [1.29, 1.82) is 5.41 Å². The molecule has 0 radical (unpaired) electrons. The Kier molecular flexibility index (Phi) is 5.83. The van der Waals surface area contributed by atoms with Gasteiger partial charge in [-0.1, -0.05) is 29.2 Å². The molecular weight excluding hydrogens is 410 g/mol. The number of aryl methyl sites for hydroxylation is 1. The lowest BCUT2D eigenvalue weighted by Gasteiger charge is -2.14. The van der Waals surface area contributed by atoms with Crippen LogP contribution in [0, 0.1) is 12.3 Å². The van der Waals surface area contributed by atoms with E-state index in [2.05, 4.69) is 30.8 Å². The SMILES string of the molecule is Cc1nnc(NC(=O)CSC2=NC(=N)C(=NC(=O)c3cccs3)C(=O)N2)s1. The summed E-state index contributed by atoms with van der Waals surface area (Å²) in [6.07, 6.45) is 0. The molecule has 1 aliphatic heterocycles. The Morgan fingerprint density at radius 2 is 2.22 bits per heavy atom. The quantitative estimate of drug-likeness (QED) is 0.678. The van der Waals surface area contributed by atoms with E-state index in [1.807, 2.05) is 0 Å². The van der Waals surface area contributed by atoms with Crippen molar-refractivity contribution < 1.29 is 14.4 Å². The molecule has 138 valence electrons. The molecule has 0 fully saturated rings. The summed E-state index contributed by atoms with van der Waals surface area (Å²) >= 11 is 3.36. The second kappa shape index (κ2) is 8.28. The van der Waals surface area contributed by atoms with Gasteiger partial charge in [0.15, 0.2) is 16.7 Å². The molecule has 2 aromatic rings. The summed E-state index contributed by atoms with van der Waals surface area (Å²) in [5.74, 6) is -2.18. The van der Waals surface area contributed by atoms with Crippen molar-refractivity contribution in [3.8, 4) is 0 Å². The van der Waals surface area contributed by atoms with Crippen LogP contribution in [0.5, 0.6) is 0 Å². The van der Waals surface area contributed by atoms with E-state index in [1.165, 1.54) is 22.7 Å². The molecule has 0 atom stereocenters. The zero-order chi connectivity index (χ0) is 19.4. The molecule has 0 spiro atoms. The highest BCUT2D eigenvalue weighted by Crippen LogP contribution is 2.15. The number of thiophene rings is 1. The highest BCUT2D eigenvalue weighted by Gasteiger charge is 2.26. The summed E-state index contributed by atoms with van der Waals surface area (Å²) in [5, 5.41) is 23.3. The number of aliphatic imine (C=N–C) groups is 2. The second-order valence-electron chi connectivity index (χ2n) is 4.93. The van der Waals surface area contributed by atoms with Crippen LogP contribution in [0.4, 0.5) is 5.13 Å². The van der Waals surface area contributed by atoms with Gasteiger partial charge in [-0.15, -0.1) is 21.5 Å². The van der Waals surface area contributed by atoms with E-state index < -0.39 is 17.6 Å². The Hall–Kier alpha value is -2.77. The fraction of sp³-hybridized carbons (Fsp3) is 0.143. The van der Waals surface area contributed by atoms with Gasteiger partial charge in [0, 0.05) is 0 Å². The van der Waals surface area contributed by atoms with E-state index in [0.717, 1.165) is 16.8 Å². The number of amidine groups is 2. The number of carbonyl (C=O) groups is 3. The third kappa shape index (κ3) is 4.90. The number of nitrogens with one attached hydrogen (secondary N) is 3. The van der Waals surface area contributed by atoms with Gasteiger partial charge in [0.2, 0.25) is 11.0 Å². The summed E-state index contributed by atoms with van der Waals surface area (Å²) in [6.45, 7) is 1.77. The molecule has 0 saturated carbocycles. The van der Waals surface area contributed by atoms with Gasteiger partial charge in [-0.3, -0.25) is 30.4 Å². The lowest BCUT2D eigenvalue weighted by molar-refractivity contribution is -0.114. The number of nitrogens with zero attached hydrogens (tertiary/aromatic N) is 4. The van der Waals surface area contributed by atoms with Crippen molar-refractivity contribution in [2.24, 2.45) is 9.98 Å². The van der Waals surface area contributed by atoms with Crippen molar-refractivity contribution in [3.05, 3.63) is 27.4 Å². The first-order valence-electron chi connectivity index (χ1n) is 7.30. The van der Waals surface area contributed by atoms with Crippen LogP contribution in [-0.4, -0.2) is 50.4 Å². The molecular formula is C14H11N7O3S3. The minimum Gasteiger partial charge on any atom is -0.300 e. The first-order valence-corrected chi connectivity index (χ1v) is 9.99. The van der Waals surface area contributed by atoms with E-state index in [0.29, 0.717) is 10.0 Å². The van der Waals surface area contributed by atoms with Gasteiger partial charge in [-0.2, -0.15) is 4.99 Å². The van der Waals surface area contributed by atoms with Gasteiger partial charge in [0.25, 0.3) is 11.8 Å². The van der Waals surface area contributed by atoms with Gasteiger partial charge in [0.05, 0.1) is 10.6 Å². The number of thioether (sulfide) groups is 1. The van der Waals surface area contributed by atoms with Crippen LogP contribution in [0.15, 0.2) is 27.5 Å². The Labute approximate surface area is 164 Å². The fourth-order valence-corrected chi connectivity index (χ4v) is 3.69. The summed E-state index contributed by atoms with van der Waals surface area (Å²) < 4.78 is 0. The van der Waals surface area contributed by atoms with Gasteiger partial charge in [0.1, 0.15) is 5.01 Å². The lowest BCUT2D eigenvalue weighted by Crippen LogP contribution is -2.43. The Bertz CT molecular complexity index is 978. The topological polar surface area (TPSA) is 150 Å². The number of aromatic nitrogens is 2. The van der Waals surface area contributed by atoms with Crippen molar-refractivity contribution >= 4 is 74.0 Å². The van der Waals surface area contributed by atoms with Crippen LogP contribution in [0.3, 0.4) is 0 Å². The van der Waals surface area contributed by atoms with Gasteiger partial charge in [-0.05, 0) is 18.4 Å². The molecule has 10 nitrogen and oxygen atoms in total. The minimum atomic E-state index is -0.720. The average Bonchev–Trinajstić information content (AvgIpc) is 3.28. The number of anilines is 1. The summed E-state index contributed by atoms with van der Waals surface area (Å²) in [7, 11) is 0. The zero-order valence-corrected chi connectivity index (χ0v) is 16.1. The van der Waals surface area contributed by atoms with Crippen molar-refractivity contribution in [2.75, 3.05) is 11.1 Å². The molecule has 0 bridgehead atoms. The molecule has 1 aliphatic rings. The maximum atomic E-state index is 12.1. The van der Waals surface area contributed by atoms with Crippen LogP contribution in [0.25, 0.3) is 0 Å². The summed E-state index contributed by atoms with van der Waals surface area (Å²) in [6, 6.07) is 3.26. The van der Waals surface area contributed by atoms with Crippen LogP contribution in [0.1, 0.15) is 14.7 Å². The monoisotopic (exact) mass is 421 g/mol. The second-order valence-corrected chi connectivity index (χ2v) is 8.02. The average molecular weight is 421 g/mol. The number of rotatable bonds is 4. The number of carbonyl (C=O) groups excluding carboxylic acids is 3. The minimum absolute atomic E-state index is 0.0500. The van der Waals surface area contributed by atoms with Crippen molar-refractivity contribution in [2.45, 2.75) is 6.92 Å². The van der Waals surface area contributed by atoms with E-state index in [1.54, 1.807) is 24.4 Å². The van der Waals surface area contributed by atoms with E-state index in [-0.39, 0.29) is 22.5 Å². The zero-order valence-electron chi connectivity index (χ0n) is 13.7. The van der Waals surface area contributed by atoms with Gasteiger partial charge in [-0.25, -0.2) is 4.99 Å². The fourth-order valence-electron chi connectivity index (χ4n) is 1.81. The van der Waals surface area contributed by atoms with Gasteiger partial charge >= 0.3 is 0 Å². The summed E-state index contributed by atoms with van der Waals surface area (Å²) in [4.78, 5) is 43.9. The van der Waals surface area contributed by atoms with E-state index in [9.17, 15) is 14.4 Å². The molecule has 0 aromatic carbocycles. The van der Waals surface area contributed by atoms with Crippen molar-refractivity contribution in [3.63, 3.8) is 0 Å². The number of hydrogen-bond donors (Lipinski definition) is 3. The molecule has 3 N–H and O–H groups in total. The third-order valence-corrected chi connectivity index (χ3v) is 5.42. The highest BCUT2D eigenvalue weighted by molar-refractivity contribution is 8.14. The predicted octanol–water partition coefficient (Wildman–Crippen LogP) is 1.32. The van der Waals surface area contributed by atoms with Crippen LogP contribution >= 0.6 is 34.4 Å². The Morgan fingerprint density at radius 3 is 2.85 bits per heavy atom. The smallest absolute Gasteiger partial charge is 0.287 e. The third-order valence-electron chi connectivity index (χ3n) is 2.93. The first-order chi connectivity index (χ1) is 12.9. The molecule has 3 heterocycles. The largest absolute Gasteiger partial charge is 0.300 e. The molecule has 27 heavy (non-hydrogen) atoms. The maximum absolute atomic E-state index is 12.1. The van der Waals surface area contributed by atoms with Gasteiger partial charge < -0.3 is 0 Å². The van der Waals surface area contributed by atoms with Crippen LogP contribution in [0.2, 0.25) is 0 Å². The number of amides is 3. The predicted molar refractivity (Wildman–Crippen MR) is 105 cm³/mol. The molecule has 2 aromatic heterocycles. The first kappa shape index (κ1) is 19.0. The van der Waals surface area contributed by atoms with Crippen LogP contribution < -0.4 is 10.6 Å². The molecule has 13 heteroatoms. The lowest BCUT2D eigenvalue weighted by atomic mass is 10.3.